The van der Waals surface area contributed by atoms with Crippen LogP contribution in [-0.4, -0.2) is 94.4 Å². The summed E-state index contributed by atoms with van der Waals surface area (Å²) in [6.45, 7) is 13.5. The molecule has 0 bridgehead atoms. The molecule has 2 atom stereocenters. The van der Waals surface area contributed by atoms with Gasteiger partial charge in [0.2, 0.25) is 23.5 Å². The number of nitrogens with one attached hydrogen (secondary N) is 1. The third-order valence-corrected chi connectivity index (χ3v) is 7.54. The summed E-state index contributed by atoms with van der Waals surface area (Å²) >= 11 is 0. The van der Waals surface area contributed by atoms with Gasteiger partial charge in [0.15, 0.2) is 6.61 Å². The second kappa shape index (κ2) is 13.0. The summed E-state index contributed by atoms with van der Waals surface area (Å²) in [5.41, 5.74) is 0.0184. The van der Waals surface area contributed by atoms with Gasteiger partial charge in [-0.25, -0.2) is 0 Å². The van der Waals surface area contributed by atoms with Crippen molar-refractivity contribution in [1.29, 1.82) is 0 Å². The topological polar surface area (TPSA) is 121 Å². The van der Waals surface area contributed by atoms with Gasteiger partial charge in [-0.15, -0.1) is 0 Å². The van der Waals surface area contributed by atoms with Gasteiger partial charge >= 0.3 is 0 Å². The smallest absolute Gasteiger partial charge is 0.255 e. The quantitative estimate of drug-likeness (QED) is 0.490. The molecule has 1 aromatic heterocycles. The van der Waals surface area contributed by atoms with E-state index in [1.54, 1.807) is 29.2 Å². The lowest BCUT2D eigenvalue weighted by Gasteiger charge is -2.36. The summed E-state index contributed by atoms with van der Waals surface area (Å²) in [5, 5.41) is 6.94. The molecule has 4 rings (SSSR count). The molecule has 0 saturated carbocycles. The van der Waals surface area contributed by atoms with Crippen molar-refractivity contribution in [1.82, 2.24) is 30.2 Å². The molecule has 1 aromatic carbocycles. The molecule has 41 heavy (non-hydrogen) atoms. The van der Waals surface area contributed by atoms with Crippen LogP contribution in [0.1, 0.15) is 76.0 Å². The largest absolute Gasteiger partial charge is 0.485 e. The lowest BCUT2D eigenvalue weighted by Crippen LogP contribution is -2.56. The summed E-state index contributed by atoms with van der Waals surface area (Å²) < 4.78 is 11.3. The van der Waals surface area contributed by atoms with Crippen molar-refractivity contribution in [3.8, 4) is 5.75 Å². The fourth-order valence-electron chi connectivity index (χ4n) is 5.19. The number of carbonyl (C=O) groups excluding carboxylic acids is 3. The van der Waals surface area contributed by atoms with E-state index in [-0.39, 0.29) is 29.8 Å². The molecule has 11 nitrogen and oxygen atoms in total. The van der Waals surface area contributed by atoms with Crippen LogP contribution in [0.3, 0.4) is 0 Å². The molecule has 0 unspecified atom stereocenters. The van der Waals surface area contributed by atoms with Crippen LogP contribution in [0.25, 0.3) is 0 Å². The molecule has 2 aromatic rings. The molecule has 2 aliphatic heterocycles. The number of piperazine rings is 1. The zero-order valence-electron chi connectivity index (χ0n) is 25.2. The molecule has 2 saturated heterocycles. The lowest BCUT2D eigenvalue weighted by atomic mass is 9.97. The number of rotatable bonds is 9. The predicted molar refractivity (Wildman–Crippen MR) is 153 cm³/mol. The Hall–Kier alpha value is -3.47. The van der Waals surface area contributed by atoms with Crippen LogP contribution in [0.2, 0.25) is 0 Å². The van der Waals surface area contributed by atoms with Crippen LogP contribution in [0, 0.1) is 5.92 Å². The number of likely N-dealkylation sites (tertiary alicyclic amines) is 1. The van der Waals surface area contributed by atoms with Crippen molar-refractivity contribution in [3.63, 3.8) is 0 Å². The molecule has 2 aliphatic rings. The van der Waals surface area contributed by atoms with Crippen LogP contribution in [-0.2, 0) is 21.6 Å². The normalized spacial score (nSPS) is 19.0. The fourth-order valence-corrected chi connectivity index (χ4v) is 5.19. The van der Waals surface area contributed by atoms with E-state index >= 15 is 0 Å². The van der Waals surface area contributed by atoms with E-state index in [1.165, 1.54) is 0 Å². The van der Waals surface area contributed by atoms with Gasteiger partial charge in [-0.05, 0) is 44.4 Å². The van der Waals surface area contributed by atoms with Gasteiger partial charge in [0.25, 0.3) is 5.91 Å². The van der Waals surface area contributed by atoms with Crippen molar-refractivity contribution >= 4 is 17.7 Å². The number of carbonyl (C=O) groups is 3. The highest BCUT2D eigenvalue weighted by molar-refractivity contribution is 6.00. The van der Waals surface area contributed by atoms with Crippen LogP contribution in [0.5, 0.6) is 5.75 Å². The minimum atomic E-state index is -0.761. The van der Waals surface area contributed by atoms with Crippen LogP contribution in [0.15, 0.2) is 28.8 Å². The van der Waals surface area contributed by atoms with Gasteiger partial charge in [-0.3, -0.25) is 14.4 Å². The number of benzene rings is 1. The summed E-state index contributed by atoms with van der Waals surface area (Å²) in [6.07, 6.45) is 1.86. The second-order valence-electron chi connectivity index (χ2n) is 12.5. The van der Waals surface area contributed by atoms with Crippen molar-refractivity contribution in [3.05, 3.63) is 41.5 Å². The molecule has 2 fully saturated rings. The maximum atomic E-state index is 13.9. The minimum absolute atomic E-state index is 0.00778. The minimum Gasteiger partial charge on any atom is -0.485 e. The molecular weight excluding hydrogens is 524 g/mol. The number of nitrogens with zero attached hydrogens (tertiary/aromatic N) is 5. The SMILES string of the molecule is CC(C)C[C@@H](NC(=O)c1ccccc1OCc1noc(C(C)(C)C)n1)C(=O)N1CCC[C@@H]1C(=O)N1CCN(C)CC1. The standard InChI is InChI=1S/C30H44N6O5/c1-20(2)18-22(27(38)36-13-9-11-23(36)28(39)35-16-14-34(6)15-17-35)31-26(37)21-10-7-8-12-24(21)40-19-25-32-29(41-33-25)30(3,4)5/h7-8,10,12,20,22-23H,9,11,13-19H2,1-6H3,(H,31,37)/t22-,23-/m1/s1. The first-order valence-electron chi connectivity index (χ1n) is 14.6. The Kier molecular flexibility index (Phi) is 9.68. The van der Waals surface area contributed by atoms with Crippen molar-refractivity contribution in [2.45, 2.75) is 78.0 Å². The molecule has 0 spiro atoms. The van der Waals surface area contributed by atoms with Gasteiger partial charge in [-0.1, -0.05) is 51.9 Å². The highest BCUT2D eigenvalue weighted by Crippen LogP contribution is 2.25. The number of aromatic nitrogens is 2. The highest BCUT2D eigenvalue weighted by atomic mass is 16.5. The van der Waals surface area contributed by atoms with Gasteiger partial charge in [-0.2, -0.15) is 4.98 Å². The predicted octanol–water partition coefficient (Wildman–Crippen LogP) is 2.86. The molecule has 1 N–H and O–H groups in total. The van der Waals surface area contributed by atoms with Crippen molar-refractivity contribution in [2.24, 2.45) is 5.92 Å². The number of para-hydroxylation sites is 1. The number of hydrogen-bond acceptors (Lipinski definition) is 8. The number of likely N-dealkylation sites (N-methyl/N-ethyl adjacent to an activating group) is 1. The summed E-state index contributed by atoms with van der Waals surface area (Å²) in [4.78, 5) is 50.9. The number of ether oxygens (including phenoxy) is 1. The zero-order chi connectivity index (χ0) is 29.7. The lowest BCUT2D eigenvalue weighted by molar-refractivity contribution is -0.145. The maximum Gasteiger partial charge on any atom is 0.255 e. The van der Waals surface area contributed by atoms with E-state index in [4.69, 9.17) is 9.26 Å². The van der Waals surface area contributed by atoms with Crippen LogP contribution >= 0.6 is 0 Å². The molecule has 224 valence electrons. The van der Waals surface area contributed by atoms with Gasteiger partial charge in [0.1, 0.15) is 17.8 Å². The van der Waals surface area contributed by atoms with Gasteiger partial charge in [0.05, 0.1) is 5.56 Å². The van der Waals surface area contributed by atoms with Crippen molar-refractivity contribution < 1.29 is 23.6 Å². The Bertz CT molecular complexity index is 1210. The Morgan fingerprint density at radius 1 is 1.10 bits per heavy atom. The number of amides is 3. The summed E-state index contributed by atoms with van der Waals surface area (Å²) in [6, 6.07) is 5.64. The van der Waals surface area contributed by atoms with E-state index < -0.39 is 18.0 Å². The molecule has 3 heterocycles. The third-order valence-electron chi connectivity index (χ3n) is 7.54. The summed E-state index contributed by atoms with van der Waals surface area (Å²) in [7, 11) is 2.05. The average Bonchev–Trinajstić information content (AvgIpc) is 3.61. The van der Waals surface area contributed by atoms with Gasteiger partial charge < -0.3 is 29.3 Å². The maximum absolute atomic E-state index is 13.9. The Morgan fingerprint density at radius 2 is 1.80 bits per heavy atom. The zero-order valence-corrected chi connectivity index (χ0v) is 25.2. The molecule has 3 amide bonds. The molecule has 0 radical (unpaired) electrons. The summed E-state index contributed by atoms with van der Waals surface area (Å²) in [5.74, 6) is 0.772. The molecule has 11 heteroatoms. The van der Waals surface area contributed by atoms with E-state index in [1.807, 2.05) is 46.6 Å². The first-order chi connectivity index (χ1) is 19.4. The first kappa shape index (κ1) is 30.5. The Labute approximate surface area is 242 Å². The average molecular weight is 569 g/mol. The number of hydrogen-bond donors (Lipinski definition) is 1. The van der Waals surface area contributed by atoms with Crippen LogP contribution < -0.4 is 10.1 Å². The molecular formula is C30H44N6O5. The van der Waals surface area contributed by atoms with Gasteiger partial charge in [0, 0.05) is 38.1 Å². The molecule has 0 aliphatic carbocycles. The first-order valence-corrected chi connectivity index (χ1v) is 14.6. The van der Waals surface area contributed by atoms with E-state index in [2.05, 4.69) is 20.4 Å². The fraction of sp³-hybridized carbons (Fsp3) is 0.633. The Morgan fingerprint density at radius 3 is 2.46 bits per heavy atom. The van der Waals surface area contributed by atoms with E-state index in [9.17, 15) is 14.4 Å². The van der Waals surface area contributed by atoms with E-state index in [0.29, 0.717) is 55.5 Å². The Balaban J connectivity index is 1.45. The monoisotopic (exact) mass is 568 g/mol. The highest BCUT2D eigenvalue weighted by Gasteiger charge is 2.40. The van der Waals surface area contributed by atoms with Crippen LogP contribution in [0.4, 0.5) is 0 Å². The third kappa shape index (κ3) is 7.63. The van der Waals surface area contributed by atoms with Crippen molar-refractivity contribution in [2.75, 3.05) is 39.8 Å². The second-order valence-corrected chi connectivity index (χ2v) is 12.5. The van der Waals surface area contributed by atoms with E-state index in [0.717, 1.165) is 19.5 Å².